The van der Waals surface area contributed by atoms with Gasteiger partial charge in [0.2, 0.25) is 0 Å². The van der Waals surface area contributed by atoms with Crippen LogP contribution in [-0.4, -0.2) is 23.1 Å². The summed E-state index contributed by atoms with van der Waals surface area (Å²) in [6, 6.07) is -1.32. The fourth-order valence-electron chi connectivity index (χ4n) is 0.413. The smallest absolute Gasteiger partial charge is 0.305 e. The molecule has 58 valence electrons. The zero-order valence-corrected chi connectivity index (χ0v) is 5.22. The van der Waals surface area contributed by atoms with Crippen molar-refractivity contribution in [1.29, 1.82) is 5.41 Å². The van der Waals surface area contributed by atoms with E-state index in [1.54, 1.807) is 0 Å². The number of rotatable bonds is 3. The standard InChI is InChI=1S/C5H11N3O2/c1-3(2-4(9)10)8-5(6)7/h3H,2H2,1H3,(H,9,10)(H4,6,7,8)/t3-/m1/s1/i1D3. The van der Waals surface area contributed by atoms with E-state index in [-0.39, 0.29) is 0 Å². The van der Waals surface area contributed by atoms with Crippen LogP contribution in [0, 0.1) is 5.41 Å². The molecule has 0 saturated heterocycles. The van der Waals surface area contributed by atoms with E-state index in [0.717, 1.165) is 0 Å². The molecule has 0 aliphatic carbocycles. The van der Waals surface area contributed by atoms with Crippen molar-refractivity contribution in [3.05, 3.63) is 0 Å². The first-order chi connectivity index (χ1) is 5.73. The van der Waals surface area contributed by atoms with Gasteiger partial charge in [-0.2, -0.15) is 0 Å². The molecule has 0 aliphatic heterocycles. The van der Waals surface area contributed by atoms with Crippen molar-refractivity contribution in [1.82, 2.24) is 5.32 Å². The molecule has 5 heteroatoms. The van der Waals surface area contributed by atoms with Crippen molar-refractivity contribution in [2.45, 2.75) is 19.3 Å². The molecular weight excluding hydrogens is 134 g/mol. The van der Waals surface area contributed by atoms with E-state index in [1.807, 2.05) is 0 Å². The van der Waals surface area contributed by atoms with Crippen molar-refractivity contribution in [3.63, 3.8) is 0 Å². The molecule has 0 aromatic rings. The summed E-state index contributed by atoms with van der Waals surface area (Å²) in [7, 11) is 0. The third-order valence-corrected chi connectivity index (χ3v) is 0.708. The number of nitrogens with two attached hydrogens (primary N) is 1. The fourth-order valence-corrected chi connectivity index (χ4v) is 0.413. The lowest BCUT2D eigenvalue weighted by Gasteiger charge is -2.09. The first-order valence-corrected chi connectivity index (χ1v) is 2.56. The van der Waals surface area contributed by atoms with Gasteiger partial charge in [0.25, 0.3) is 0 Å². The normalized spacial score (nSPS) is 17.8. The minimum absolute atomic E-state index is 0.553. The summed E-state index contributed by atoms with van der Waals surface area (Å²) < 4.78 is 20.8. The number of hydrogen-bond donors (Lipinski definition) is 4. The Morgan fingerprint density at radius 3 is 3.00 bits per heavy atom. The molecule has 0 aromatic carbocycles. The van der Waals surface area contributed by atoms with Crippen molar-refractivity contribution < 1.29 is 14.0 Å². The second kappa shape index (κ2) is 3.71. The van der Waals surface area contributed by atoms with Crippen LogP contribution in [0.5, 0.6) is 0 Å². The van der Waals surface area contributed by atoms with Crippen molar-refractivity contribution in [2.75, 3.05) is 0 Å². The van der Waals surface area contributed by atoms with Crippen LogP contribution in [0.25, 0.3) is 0 Å². The lowest BCUT2D eigenvalue weighted by atomic mass is 10.2. The Hall–Kier alpha value is -1.26. The Bertz CT molecular complexity index is 200. The molecule has 5 nitrogen and oxygen atoms in total. The highest BCUT2D eigenvalue weighted by molar-refractivity contribution is 5.75. The molecule has 0 spiro atoms. The molecule has 0 saturated carbocycles. The molecule has 0 aliphatic rings. The van der Waals surface area contributed by atoms with Gasteiger partial charge in [0.15, 0.2) is 5.96 Å². The molecule has 10 heavy (non-hydrogen) atoms. The quantitative estimate of drug-likeness (QED) is 0.315. The summed E-state index contributed by atoms with van der Waals surface area (Å²) in [5.41, 5.74) is 4.89. The zero-order chi connectivity index (χ0) is 10.6. The summed E-state index contributed by atoms with van der Waals surface area (Å²) in [5, 5.41) is 17.2. The molecule has 0 heterocycles. The number of carboxylic acids is 1. The highest BCUT2D eigenvalue weighted by Crippen LogP contribution is 1.87. The Kier molecular flexibility index (Phi) is 1.68. The highest BCUT2D eigenvalue weighted by atomic mass is 16.4. The minimum Gasteiger partial charge on any atom is -0.481 e. The van der Waals surface area contributed by atoms with E-state index in [9.17, 15) is 4.79 Å². The van der Waals surface area contributed by atoms with E-state index in [1.165, 1.54) is 0 Å². The van der Waals surface area contributed by atoms with Crippen LogP contribution in [0.1, 0.15) is 17.4 Å². The summed E-state index contributed by atoms with van der Waals surface area (Å²) in [6.45, 7) is -2.48. The molecule has 0 unspecified atom stereocenters. The zero-order valence-electron chi connectivity index (χ0n) is 8.22. The van der Waals surface area contributed by atoms with Gasteiger partial charge in [0.05, 0.1) is 6.42 Å². The average Bonchev–Trinajstić information content (AvgIpc) is 1.81. The molecule has 1 atom stereocenters. The van der Waals surface area contributed by atoms with Crippen LogP contribution < -0.4 is 11.1 Å². The number of guanidine groups is 1. The minimum atomic E-state index is -2.48. The van der Waals surface area contributed by atoms with E-state index < -0.39 is 31.2 Å². The molecule has 0 fully saturated rings. The lowest BCUT2D eigenvalue weighted by Crippen LogP contribution is -2.38. The number of carbonyl (C=O) groups is 1. The van der Waals surface area contributed by atoms with E-state index in [2.05, 4.69) is 5.32 Å². The van der Waals surface area contributed by atoms with Crippen molar-refractivity contribution >= 4 is 11.9 Å². The maximum Gasteiger partial charge on any atom is 0.305 e. The van der Waals surface area contributed by atoms with Crippen LogP contribution in [0.4, 0.5) is 0 Å². The maximum absolute atomic E-state index is 10.2. The van der Waals surface area contributed by atoms with Crippen molar-refractivity contribution in [3.8, 4) is 0 Å². The van der Waals surface area contributed by atoms with E-state index in [0.29, 0.717) is 0 Å². The summed E-state index contributed by atoms with van der Waals surface area (Å²) in [5.74, 6) is -1.81. The summed E-state index contributed by atoms with van der Waals surface area (Å²) in [6.07, 6.45) is -0.601. The Labute approximate surface area is 62.9 Å². The molecule has 5 N–H and O–H groups in total. The number of hydrogen-bond acceptors (Lipinski definition) is 2. The number of carboxylic acid groups (broad SMARTS) is 1. The fraction of sp³-hybridized carbons (Fsp3) is 0.600. The number of aliphatic carboxylic acids is 1. The molecular formula is C5H11N3O2. The topological polar surface area (TPSA) is 99.2 Å². The van der Waals surface area contributed by atoms with Crippen LogP contribution in [0.3, 0.4) is 0 Å². The lowest BCUT2D eigenvalue weighted by molar-refractivity contribution is -0.137. The maximum atomic E-state index is 10.2. The largest absolute Gasteiger partial charge is 0.481 e. The van der Waals surface area contributed by atoms with Gasteiger partial charge in [-0.05, 0) is 6.85 Å². The van der Waals surface area contributed by atoms with Crippen molar-refractivity contribution in [2.24, 2.45) is 5.73 Å². The van der Waals surface area contributed by atoms with Crippen LogP contribution in [0.2, 0.25) is 0 Å². The van der Waals surface area contributed by atoms with Gasteiger partial charge < -0.3 is 16.2 Å². The molecule has 0 bridgehead atoms. The van der Waals surface area contributed by atoms with Crippen LogP contribution in [-0.2, 0) is 4.79 Å². The second-order valence-corrected chi connectivity index (χ2v) is 1.71. The van der Waals surface area contributed by atoms with Gasteiger partial charge >= 0.3 is 5.97 Å². The molecule has 0 aromatic heterocycles. The Morgan fingerprint density at radius 2 is 2.70 bits per heavy atom. The van der Waals surface area contributed by atoms with Gasteiger partial charge in [-0.25, -0.2) is 0 Å². The van der Waals surface area contributed by atoms with Gasteiger partial charge in [-0.3, -0.25) is 10.2 Å². The van der Waals surface area contributed by atoms with Crippen LogP contribution in [0.15, 0.2) is 0 Å². The van der Waals surface area contributed by atoms with Gasteiger partial charge in [0, 0.05) is 10.2 Å². The van der Waals surface area contributed by atoms with Crippen LogP contribution >= 0.6 is 0 Å². The summed E-state index contributed by atoms with van der Waals surface area (Å²) >= 11 is 0. The third kappa shape index (κ3) is 4.89. The van der Waals surface area contributed by atoms with E-state index >= 15 is 0 Å². The first kappa shape index (κ1) is 4.54. The van der Waals surface area contributed by atoms with E-state index in [4.69, 9.17) is 20.4 Å². The molecule has 0 rings (SSSR count). The number of nitrogens with one attached hydrogen (secondary N) is 2. The Balaban J connectivity index is 4.37. The predicted molar refractivity (Wildman–Crippen MR) is 36.8 cm³/mol. The Morgan fingerprint density at radius 1 is 2.10 bits per heavy atom. The third-order valence-electron chi connectivity index (χ3n) is 0.708. The van der Waals surface area contributed by atoms with Gasteiger partial charge in [0.1, 0.15) is 0 Å². The average molecular weight is 148 g/mol. The highest BCUT2D eigenvalue weighted by Gasteiger charge is 2.05. The second-order valence-electron chi connectivity index (χ2n) is 1.71. The predicted octanol–water partition coefficient (Wildman–Crippen LogP) is -0.667. The molecule has 0 amide bonds. The van der Waals surface area contributed by atoms with Gasteiger partial charge in [-0.15, -0.1) is 0 Å². The SMILES string of the molecule is [2H]C([2H])([2H])[C@H](CC(=O)O)NC(=N)N. The first-order valence-electron chi connectivity index (χ1n) is 4.06. The summed E-state index contributed by atoms with van der Waals surface area (Å²) in [4.78, 5) is 10.2. The monoisotopic (exact) mass is 148 g/mol. The molecule has 0 radical (unpaired) electrons. The van der Waals surface area contributed by atoms with Gasteiger partial charge in [-0.1, -0.05) is 0 Å².